The molecule has 2 atom stereocenters. The number of nitrogens with zero attached hydrogens (tertiary/aromatic N) is 1. The molecule has 0 bridgehead atoms. The zero-order valence-electron chi connectivity index (χ0n) is 15.0. The summed E-state index contributed by atoms with van der Waals surface area (Å²) in [4.78, 5) is 25.7. The molecule has 3 rings (SSSR count). The van der Waals surface area contributed by atoms with E-state index in [0.717, 1.165) is 4.47 Å². The van der Waals surface area contributed by atoms with Crippen molar-refractivity contribution >= 4 is 27.7 Å². The molecule has 1 heterocycles. The number of carbonyl (C=O) groups excluding carboxylic acids is 2. The van der Waals surface area contributed by atoms with Gasteiger partial charge in [0, 0.05) is 22.9 Å². The Balaban J connectivity index is 2.18. The molecule has 0 N–H and O–H groups in total. The van der Waals surface area contributed by atoms with Gasteiger partial charge in [0.05, 0.1) is 12.5 Å². The minimum Gasteiger partial charge on any atom is -0.464 e. The van der Waals surface area contributed by atoms with Crippen molar-refractivity contribution in [1.29, 1.82) is 5.26 Å². The highest BCUT2D eigenvalue weighted by atomic mass is 79.9. The van der Waals surface area contributed by atoms with Gasteiger partial charge >= 0.3 is 11.6 Å². The minimum atomic E-state index is -1.87. The molecule has 6 heteroatoms. The molecule has 2 aliphatic rings. The lowest BCUT2D eigenvalue weighted by Crippen LogP contribution is -2.44. The Bertz CT molecular complexity index is 834. The zero-order chi connectivity index (χ0) is 19.1. The van der Waals surface area contributed by atoms with E-state index in [1.807, 2.05) is 32.0 Å². The molecule has 1 aromatic carbocycles. The Morgan fingerprint density at radius 1 is 1.35 bits per heavy atom. The fourth-order valence-electron chi connectivity index (χ4n) is 3.73. The van der Waals surface area contributed by atoms with Gasteiger partial charge in [-0.3, -0.25) is 4.79 Å². The molecule has 136 valence electrons. The van der Waals surface area contributed by atoms with Crippen molar-refractivity contribution in [2.24, 2.45) is 5.41 Å². The van der Waals surface area contributed by atoms with E-state index in [1.54, 1.807) is 19.1 Å². The molecule has 0 aromatic heterocycles. The Morgan fingerprint density at radius 3 is 2.58 bits per heavy atom. The number of halogens is 1. The van der Waals surface area contributed by atoms with Crippen LogP contribution in [0.3, 0.4) is 0 Å². The zero-order valence-corrected chi connectivity index (χ0v) is 16.6. The van der Waals surface area contributed by atoms with E-state index in [1.165, 1.54) is 0 Å². The van der Waals surface area contributed by atoms with Crippen LogP contribution in [0.4, 0.5) is 0 Å². The number of ether oxygens (including phenoxy) is 2. The van der Waals surface area contributed by atoms with Gasteiger partial charge in [-0.05, 0) is 30.0 Å². The summed E-state index contributed by atoms with van der Waals surface area (Å²) in [7, 11) is 0. The molecule has 0 amide bonds. The minimum absolute atomic E-state index is 0.0782. The number of ketones is 1. The maximum absolute atomic E-state index is 12.9. The van der Waals surface area contributed by atoms with Gasteiger partial charge < -0.3 is 9.47 Å². The fraction of sp³-hybridized carbons (Fsp3) is 0.450. The second-order valence-corrected chi connectivity index (χ2v) is 8.35. The van der Waals surface area contributed by atoms with Crippen LogP contribution in [-0.4, -0.2) is 24.0 Å². The van der Waals surface area contributed by atoms with Crippen LogP contribution in [0.25, 0.3) is 0 Å². The van der Waals surface area contributed by atoms with Gasteiger partial charge in [0.2, 0.25) is 0 Å². The molecule has 1 aromatic rings. The van der Waals surface area contributed by atoms with Crippen molar-refractivity contribution in [1.82, 2.24) is 0 Å². The number of rotatable bonds is 3. The summed E-state index contributed by atoms with van der Waals surface area (Å²) < 4.78 is 12.0. The Labute approximate surface area is 161 Å². The molecule has 0 saturated heterocycles. The van der Waals surface area contributed by atoms with Crippen LogP contribution in [0.15, 0.2) is 40.1 Å². The van der Waals surface area contributed by atoms with Crippen molar-refractivity contribution in [3.05, 3.63) is 45.6 Å². The van der Waals surface area contributed by atoms with E-state index in [-0.39, 0.29) is 17.8 Å². The molecule has 0 unspecified atom stereocenters. The average molecular weight is 418 g/mol. The SMILES string of the molecule is CCOC(=O)[C@]1(C#N)OC2=C(C(=O)CC(C)(C)C2)[C@H]1c1ccc(Br)cc1. The molecule has 0 spiro atoms. The average Bonchev–Trinajstić information content (AvgIpc) is 2.90. The first-order valence-electron chi connectivity index (χ1n) is 8.53. The molecular weight excluding hydrogens is 398 g/mol. The third kappa shape index (κ3) is 2.95. The van der Waals surface area contributed by atoms with Gasteiger partial charge in [-0.25, -0.2) is 4.79 Å². The van der Waals surface area contributed by atoms with E-state index in [9.17, 15) is 14.9 Å². The number of nitriles is 1. The van der Waals surface area contributed by atoms with Gasteiger partial charge in [-0.1, -0.05) is 41.9 Å². The molecule has 1 aliphatic heterocycles. The maximum atomic E-state index is 12.9. The second-order valence-electron chi connectivity index (χ2n) is 7.43. The summed E-state index contributed by atoms with van der Waals surface area (Å²) in [5, 5.41) is 9.94. The van der Waals surface area contributed by atoms with Crippen LogP contribution in [0, 0.1) is 16.7 Å². The fourth-order valence-corrected chi connectivity index (χ4v) is 4.00. The predicted molar refractivity (Wildman–Crippen MR) is 98.0 cm³/mol. The quantitative estimate of drug-likeness (QED) is 0.693. The number of allylic oxidation sites excluding steroid dienone is 1. The van der Waals surface area contributed by atoms with Crippen LogP contribution in [0.2, 0.25) is 0 Å². The van der Waals surface area contributed by atoms with Crippen LogP contribution < -0.4 is 0 Å². The van der Waals surface area contributed by atoms with Crippen LogP contribution in [-0.2, 0) is 19.1 Å². The molecule has 26 heavy (non-hydrogen) atoms. The largest absolute Gasteiger partial charge is 0.464 e. The van der Waals surface area contributed by atoms with Crippen LogP contribution in [0.5, 0.6) is 0 Å². The Kier molecular flexibility index (Phi) is 4.70. The summed E-state index contributed by atoms with van der Waals surface area (Å²) in [5.41, 5.74) is -1.03. The first-order chi connectivity index (χ1) is 12.2. The van der Waals surface area contributed by atoms with E-state index in [0.29, 0.717) is 29.7 Å². The van der Waals surface area contributed by atoms with E-state index in [2.05, 4.69) is 15.9 Å². The lowest BCUT2D eigenvalue weighted by Gasteiger charge is -2.29. The summed E-state index contributed by atoms with van der Waals surface area (Å²) in [5.74, 6) is -1.19. The smallest absolute Gasteiger partial charge is 0.366 e. The molecule has 0 fully saturated rings. The van der Waals surface area contributed by atoms with Crippen molar-refractivity contribution < 1.29 is 19.1 Å². The van der Waals surface area contributed by atoms with Crippen molar-refractivity contribution in [3.63, 3.8) is 0 Å². The number of hydrogen-bond donors (Lipinski definition) is 0. The number of esters is 1. The third-order valence-corrected chi connectivity index (χ3v) is 5.34. The van der Waals surface area contributed by atoms with E-state index in [4.69, 9.17) is 9.47 Å². The van der Waals surface area contributed by atoms with Crippen molar-refractivity contribution in [3.8, 4) is 6.07 Å². The highest BCUT2D eigenvalue weighted by molar-refractivity contribution is 9.10. The summed E-state index contributed by atoms with van der Waals surface area (Å²) in [6, 6.07) is 9.26. The number of carbonyl (C=O) groups is 2. The number of hydrogen-bond acceptors (Lipinski definition) is 5. The van der Waals surface area contributed by atoms with Gasteiger partial charge in [0.25, 0.3) is 0 Å². The predicted octanol–water partition coefficient (Wildman–Crippen LogP) is 4.03. The highest BCUT2D eigenvalue weighted by Gasteiger charge is 2.61. The Morgan fingerprint density at radius 2 is 2.00 bits per heavy atom. The molecule has 0 saturated carbocycles. The maximum Gasteiger partial charge on any atom is 0.366 e. The molecule has 1 aliphatic carbocycles. The highest BCUT2D eigenvalue weighted by Crippen LogP contribution is 2.53. The summed E-state index contributed by atoms with van der Waals surface area (Å²) in [6.45, 7) is 5.75. The van der Waals surface area contributed by atoms with Gasteiger partial charge in [0.1, 0.15) is 11.8 Å². The first kappa shape index (κ1) is 18.7. The molecule has 5 nitrogen and oxygen atoms in total. The van der Waals surface area contributed by atoms with E-state index < -0.39 is 17.5 Å². The normalized spacial score (nSPS) is 26.7. The van der Waals surface area contributed by atoms with Crippen LogP contribution in [0.1, 0.15) is 45.1 Å². The van der Waals surface area contributed by atoms with Gasteiger partial charge in [-0.15, -0.1) is 0 Å². The van der Waals surface area contributed by atoms with Crippen LogP contribution >= 0.6 is 15.9 Å². The van der Waals surface area contributed by atoms with E-state index >= 15 is 0 Å². The van der Waals surface area contributed by atoms with Crippen molar-refractivity contribution in [2.45, 2.75) is 45.1 Å². The summed E-state index contributed by atoms with van der Waals surface area (Å²) >= 11 is 3.38. The number of Topliss-reactive ketones (excluding diaryl/α,β-unsaturated/α-hetero) is 1. The third-order valence-electron chi connectivity index (χ3n) is 4.81. The van der Waals surface area contributed by atoms with Gasteiger partial charge in [0.15, 0.2) is 5.78 Å². The lowest BCUT2D eigenvalue weighted by atomic mass is 9.70. The second kappa shape index (κ2) is 6.55. The molecular formula is C20H20BrNO4. The van der Waals surface area contributed by atoms with Crippen molar-refractivity contribution in [2.75, 3.05) is 6.61 Å². The summed E-state index contributed by atoms with van der Waals surface area (Å²) in [6.07, 6.45) is 0.858. The topological polar surface area (TPSA) is 76.4 Å². The molecule has 0 radical (unpaired) electrons. The number of benzene rings is 1. The lowest BCUT2D eigenvalue weighted by molar-refractivity contribution is -0.160. The van der Waals surface area contributed by atoms with Gasteiger partial charge in [-0.2, -0.15) is 5.26 Å². The Hall–Kier alpha value is -2.13. The standard InChI is InChI=1S/C20H20BrNO4/c1-4-25-18(24)20(11-22)17(12-5-7-13(21)8-6-12)16-14(23)9-19(2,3)10-15(16)26-20/h5-8,17H,4,9-10H2,1-3H3/t17-,20-/m1/s1. The monoisotopic (exact) mass is 417 g/mol. The first-order valence-corrected chi connectivity index (χ1v) is 9.32.